The first-order chi connectivity index (χ1) is 10.8. The predicted octanol–water partition coefficient (Wildman–Crippen LogP) is 3.38. The quantitative estimate of drug-likeness (QED) is 0.596. The fourth-order valence-corrected chi connectivity index (χ4v) is 2.26. The standard InChI is InChI=1S/C18H24O4/c1-19-16-12-15(13-17(14-16)20-2)8-4-3-6-10-21-18-9-5-7-11-22-18/h12-14,18H,3,5-7,9-11H2,1-2H3. The summed E-state index contributed by atoms with van der Waals surface area (Å²) in [5, 5.41) is 0. The zero-order valence-corrected chi connectivity index (χ0v) is 13.4. The number of benzene rings is 1. The third kappa shape index (κ3) is 5.59. The number of ether oxygens (including phenoxy) is 4. The van der Waals surface area contributed by atoms with Gasteiger partial charge in [-0.1, -0.05) is 11.8 Å². The summed E-state index contributed by atoms with van der Waals surface area (Å²) in [6.07, 6.45) is 5.05. The van der Waals surface area contributed by atoms with E-state index in [-0.39, 0.29) is 6.29 Å². The van der Waals surface area contributed by atoms with E-state index in [2.05, 4.69) is 11.8 Å². The Morgan fingerprint density at radius 2 is 1.91 bits per heavy atom. The van der Waals surface area contributed by atoms with Crippen molar-refractivity contribution in [1.82, 2.24) is 0 Å². The van der Waals surface area contributed by atoms with Gasteiger partial charge in [0, 0.05) is 24.7 Å². The van der Waals surface area contributed by atoms with E-state index in [4.69, 9.17) is 18.9 Å². The Kier molecular flexibility index (Phi) is 7.08. The molecule has 1 heterocycles. The normalized spacial score (nSPS) is 17.5. The second kappa shape index (κ2) is 9.34. The Hall–Kier alpha value is -1.70. The molecule has 1 aliphatic heterocycles. The molecule has 2 rings (SSSR count). The van der Waals surface area contributed by atoms with Crippen molar-refractivity contribution in [2.24, 2.45) is 0 Å². The molecule has 0 spiro atoms. The Morgan fingerprint density at radius 1 is 1.14 bits per heavy atom. The lowest BCUT2D eigenvalue weighted by Gasteiger charge is -2.22. The van der Waals surface area contributed by atoms with Gasteiger partial charge >= 0.3 is 0 Å². The van der Waals surface area contributed by atoms with E-state index in [1.165, 1.54) is 6.42 Å². The van der Waals surface area contributed by atoms with Gasteiger partial charge in [0.05, 0.1) is 20.8 Å². The van der Waals surface area contributed by atoms with Crippen molar-refractivity contribution in [1.29, 1.82) is 0 Å². The average molecular weight is 304 g/mol. The van der Waals surface area contributed by atoms with Gasteiger partial charge in [-0.2, -0.15) is 0 Å². The van der Waals surface area contributed by atoms with Gasteiger partial charge in [0.25, 0.3) is 0 Å². The minimum Gasteiger partial charge on any atom is -0.497 e. The Bertz CT molecular complexity index is 487. The van der Waals surface area contributed by atoms with Crippen molar-refractivity contribution in [3.05, 3.63) is 23.8 Å². The van der Waals surface area contributed by atoms with E-state index in [1.54, 1.807) is 14.2 Å². The van der Waals surface area contributed by atoms with Crippen LogP contribution in [0.25, 0.3) is 0 Å². The lowest BCUT2D eigenvalue weighted by atomic mass is 10.2. The van der Waals surface area contributed by atoms with Crippen LogP contribution in [-0.2, 0) is 9.47 Å². The molecule has 120 valence electrons. The molecule has 0 N–H and O–H groups in total. The van der Waals surface area contributed by atoms with Gasteiger partial charge in [0.1, 0.15) is 11.5 Å². The molecule has 4 heteroatoms. The Labute approximate surface area is 132 Å². The average Bonchev–Trinajstić information content (AvgIpc) is 2.58. The van der Waals surface area contributed by atoms with Gasteiger partial charge in [-0.15, -0.1) is 0 Å². The van der Waals surface area contributed by atoms with Crippen LogP contribution in [0.5, 0.6) is 11.5 Å². The van der Waals surface area contributed by atoms with Gasteiger partial charge in [-0.25, -0.2) is 0 Å². The van der Waals surface area contributed by atoms with Crippen LogP contribution in [0.4, 0.5) is 0 Å². The second-order valence-corrected chi connectivity index (χ2v) is 5.17. The molecule has 0 amide bonds. The van der Waals surface area contributed by atoms with Crippen LogP contribution in [0.3, 0.4) is 0 Å². The first-order valence-corrected chi connectivity index (χ1v) is 7.77. The second-order valence-electron chi connectivity index (χ2n) is 5.17. The molecule has 0 saturated carbocycles. The number of hydrogen-bond acceptors (Lipinski definition) is 4. The molecule has 22 heavy (non-hydrogen) atoms. The van der Waals surface area contributed by atoms with Crippen molar-refractivity contribution in [2.75, 3.05) is 27.4 Å². The van der Waals surface area contributed by atoms with Crippen molar-refractivity contribution in [3.8, 4) is 23.3 Å². The summed E-state index contributed by atoms with van der Waals surface area (Å²) in [7, 11) is 3.27. The maximum Gasteiger partial charge on any atom is 0.157 e. The summed E-state index contributed by atoms with van der Waals surface area (Å²) in [5.74, 6) is 7.80. The van der Waals surface area contributed by atoms with E-state index >= 15 is 0 Å². The minimum atomic E-state index is -0.00986. The molecule has 0 bridgehead atoms. The summed E-state index contributed by atoms with van der Waals surface area (Å²) >= 11 is 0. The smallest absolute Gasteiger partial charge is 0.157 e. The zero-order valence-electron chi connectivity index (χ0n) is 13.4. The molecular weight excluding hydrogens is 280 g/mol. The van der Waals surface area contributed by atoms with Gasteiger partial charge in [-0.3, -0.25) is 0 Å². The van der Waals surface area contributed by atoms with Crippen LogP contribution in [0.2, 0.25) is 0 Å². The molecule has 1 atom stereocenters. The summed E-state index contributed by atoms with van der Waals surface area (Å²) in [6, 6.07) is 5.65. The highest BCUT2D eigenvalue weighted by molar-refractivity contribution is 5.46. The highest BCUT2D eigenvalue weighted by Gasteiger charge is 2.12. The zero-order chi connectivity index (χ0) is 15.6. The first-order valence-electron chi connectivity index (χ1n) is 7.77. The topological polar surface area (TPSA) is 36.9 Å². The largest absolute Gasteiger partial charge is 0.497 e. The van der Waals surface area contributed by atoms with Gasteiger partial charge in [0.15, 0.2) is 6.29 Å². The van der Waals surface area contributed by atoms with E-state index < -0.39 is 0 Å². The molecule has 0 radical (unpaired) electrons. The molecule has 1 saturated heterocycles. The third-order valence-corrected chi connectivity index (χ3v) is 3.47. The summed E-state index contributed by atoms with van der Waals surface area (Å²) in [6.45, 7) is 1.52. The highest BCUT2D eigenvalue weighted by Crippen LogP contribution is 2.21. The predicted molar refractivity (Wildman–Crippen MR) is 85.2 cm³/mol. The fraction of sp³-hybridized carbons (Fsp3) is 0.556. The van der Waals surface area contributed by atoms with Crippen molar-refractivity contribution in [3.63, 3.8) is 0 Å². The molecule has 1 aliphatic rings. The van der Waals surface area contributed by atoms with Crippen LogP contribution in [-0.4, -0.2) is 33.7 Å². The van der Waals surface area contributed by atoms with Gasteiger partial charge in [0.2, 0.25) is 0 Å². The lowest BCUT2D eigenvalue weighted by Crippen LogP contribution is -2.22. The van der Waals surface area contributed by atoms with Crippen LogP contribution >= 0.6 is 0 Å². The summed E-state index contributed by atoms with van der Waals surface area (Å²) < 4.78 is 21.7. The van der Waals surface area contributed by atoms with Crippen molar-refractivity contribution in [2.45, 2.75) is 38.4 Å². The van der Waals surface area contributed by atoms with Crippen LogP contribution < -0.4 is 9.47 Å². The molecular formula is C18H24O4. The number of hydrogen-bond donors (Lipinski definition) is 0. The summed E-state index contributed by atoms with van der Waals surface area (Å²) in [4.78, 5) is 0. The van der Waals surface area contributed by atoms with Crippen LogP contribution in [0.1, 0.15) is 37.7 Å². The molecule has 1 fully saturated rings. The molecule has 1 unspecified atom stereocenters. The van der Waals surface area contributed by atoms with Crippen LogP contribution in [0.15, 0.2) is 18.2 Å². The molecule has 0 aromatic heterocycles. The van der Waals surface area contributed by atoms with E-state index in [0.717, 1.165) is 49.4 Å². The molecule has 4 nitrogen and oxygen atoms in total. The third-order valence-electron chi connectivity index (χ3n) is 3.47. The van der Waals surface area contributed by atoms with Crippen LogP contribution in [0, 0.1) is 11.8 Å². The molecule has 1 aromatic carbocycles. The van der Waals surface area contributed by atoms with Crippen molar-refractivity contribution < 1.29 is 18.9 Å². The van der Waals surface area contributed by atoms with Gasteiger partial charge in [-0.05, 0) is 37.8 Å². The SMILES string of the molecule is COc1cc(C#CCCCOC2CCCCO2)cc(OC)c1. The number of methoxy groups -OCH3 is 2. The van der Waals surface area contributed by atoms with E-state index in [0.29, 0.717) is 6.61 Å². The molecule has 0 aliphatic carbocycles. The number of rotatable bonds is 6. The lowest BCUT2D eigenvalue weighted by molar-refractivity contribution is -0.162. The maximum absolute atomic E-state index is 5.68. The Balaban J connectivity index is 1.73. The monoisotopic (exact) mass is 304 g/mol. The minimum absolute atomic E-state index is 0.00986. The van der Waals surface area contributed by atoms with Crippen molar-refractivity contribution >= 4 is 0 Å². The maximum atomic E-state index is 5.68. The van der Waals surface area contributed by atoms with E-state index in [1.807, 2.05) is 18.2 Å². The number of unbranched alkanes of at least 4 members (excludes halogenated alkanes) is 1. The summed E-state index contributed by atoms with van der Waals surface area (Å²) in [5.41, 5.74) is 0.896. The van der Waals surface area contributed by atoms with E-state index in [9.17, 15) is 0 Å². The van der Waals surface area contributed by atoms with Gasteiger partial charge < -0.3 is 18.9 Å². The molecule has 1 aromatic rings. The fourth-order valence-electron chi connectivity index (χ4n) is 2.26. The highest BCUT2D eigenvalue weighted by atomic mass is 16.7. The Morgan fingerprint density at radius 3 is 2.55 bits per heavy atom. The first kappa shape index (κ1) is 16.7.